The van der Waals surface area contributed by atoms with Crippen molar-refractivity contribution in [1.82, 2.24) is 14.7 Å². The molecule has 2 amide bonds. The minimum atomic E-state index is -0.0960. The zero-order valence-electron chi connectivity index (χ0n) is 22.6. The molecule has 0 aliphatic carbocycles. The molecular weight excluding hydrogens is 450 g/mol. The van der Waals surface area contributed by atoms with Gasteiger partial charge in [0.1, 0.15) is 0 Å². The molecule has 36 heavy (non-hydrogen) atoms. The van der Waals surface area contributed by atoms with Gasteiger partial charge in [-0.3, -0.25) is 4.79 Å². The normalized spacial score (nSPS) is 28.4. The smallest absolute Gasteiger partial charge is 0.410 e. The average Bonchev–Trinajstić information content (AvgIpc) is 3.20. The molecule has 3 unspecified atom stereocenters. The van der Waals surface area contributed by atoms with E-state index in [1.807, 2.05) is 20.8 Å². The number of carbonyl (C=O) groups excluding carboxylic acids is 2. The number of rotatable bonds is 3. The van der Waals surface area contributed by atoms with Crippen molar-refractivity contribution >= 4 is 12.0 Å². The number of fused-ring (bicyclic) bond motifs is 4. The number of ether oxygens (including phenoxy) is 1. The maximum atomic E-state index is 13.0. The molecule has 198 valence electrons. The lowest BCUT2D eigenvalue weighted by atomic mass is 9.68. The highest BCUT2D eigenvalue weighted by Crippen LogP contribution is 2.43. The summed E-state index contributed by atoms with van der Waals surface area (Å²) in [6.45, 7) is 10.1. The largest absolute Gasteiger partial charge is 0.450 e. The van der Waals surface area contributed by atoms with Gasteiger partial charge in [-0.1, -0.05) is 51.0 Å². The number of carbonyl (C=O) groups is 2. The Balaban J connectivity index is 1.32. The van der Waals surface area contributed by atoms with Gasteiger partial charge in [0, 0.05) is 42.5 Å². The highest BCUT2D eigenvalue weighted by molar-refractivity contribution is 5.78. The van der Waals surface area contributed by atoms with Gasteiger partial charge < -0.3 is 19.4 Å². The van der Waals surface area contributed by atoms with Crippen molar-refractivity contribution in [1.29, 1.82) is 0 Å². The molecule has 2 bridgehead atoms. The van der Waals surface area contributed by atoms with Gasteiger partial charge in [0.2, 0.25) is 5.91 Å². The summed E-state index contributed by atoms with van der Waals surface area (Å²) in [6.07, 6.45) is 10.1. The van der Waals surface area contributed by atoms with Gasteiger partial charge in [0.15, 0.2) is 0 Å². The maximum Gasteiger partial charge on any atom is 0.410 e. The van der Waals surface area contributed by atoms with Crippen molar-refractivity contribution < 1.29 is 14.3 Å². The van der Waals surface area contributed by atoms with Crippen molar-refractivity contribution in [2.45, 2.75) is 109 Å². The van der Waals surface area contributed by atoms with Gasteiger partial charge in [0.25, 0.3) is 0 Å². The van der Waals surface area contributed by atoms with E-state index in [0.29, 0.717) is 24.7 Å². The standard InChI is InChI=1S/C30H45N3O3/c1-4-36-29(35)33-24-10-6-7-11-26(33)19-25(14-13-24)31-17-15-30(16-18-31)21-32(28(34)22(2)3)20-23-9-5-8-12-27(23)30/h5,8-9,12,22,24-26H,4,6-7,10-11,13-21H2,1-3H3. The Bertz CT molecular complexity index is 939. The predicted molar refractivity (Wildman–Crippen MR) is 142 cm³/mol. The van der Waals surface area contributed by atoms with Crippen LogP contribution in [0.4, 0.5) is 4.79 Å². The number of nitrogens with zero attached hydrogens (tertiary/aromatic N) is 3. The molecule has 0 aromatic heterocycles. The summed E-state index contributed by atoms with van der Waals surface area (Å²) in [4.78, 5) is 32.9. The molecule has 6 nitrogen and oxygen atoms in total. The Morgan fingerprint density at radius 1 is 1.00 bits per heavy atom. The predicted octanol–water partition coefficient (Wildman–Crippen LogP) is 5.34. The number of hydrogen-bond donors (Lipinski definition) is 0. The van der Waals surface area contributed by atoms with E-state index in [1.54, 1.807) is 0 Å². The van der Waals surface area contributed by atoms with Crippen LogP contribution in [0.5, 0.6) is 0 Å². The van der Waals surface area contributed by atoms with Crippen LogP contribution in [-0.4, -0.2) is 71.1 Å². The molecule has 4 heterocycles. The summed E-state index contributed by atoms with van der Waals surface area (Å²) in [6, 6.07) is 9.99. The Hall–Kier alpha value is -2.08. The highest BCUT2D eigenvalue weighted by Gasteiger charge is 2.45. The van der Waals surface area contributed by atoms with Crippen LogP contribution in [0.15, 0.2) is 24.3 Å². The number of benzene rings is 1. The average molecular weight is 496 g/mol. The van der Waals surface area contributed by atoms with Crippen LogP contribution in [0.25, 0.3) is 0 Å². The molecule has 3 fully saturated rings. The first-order chi connectivity index (χ1) is 17.4. The van der Waals surface area contributed by atoms with Crippen LogP contribution in [0.1, 0.15) is 89.7 Å². The topological polar surface area (TPSA) is 53.1 Å². The summed E-state index contributed by atoms with van der Waals surface area (Å²) in [5.74, 6) is 0.307. The Morgan fingerprint density at radius 2 is 1.69 bits per heavy atom. The molecule has 4 aliphatic heterocycles. The van der Waals surface area contributed by atoms with Crippen molar-refractivity contribution in [3.8, 4) is 0 Å². The minimum Gasteiger partial charge on any atom is -0.450 e. The third-order valence-electron chi connectivity index (χ3n) is 9.49. The second-order valence-corrected chi connectivity index (χ2v) is 12.0. The number of piperidine rings is 1. The third kappa shape index (κ3) is 4.90. The van der Waals surface area contributed by atoms with E-state index in [9.17, 15) is 9.59 Å². The quantitative estimate of drug-likeness (QED) is 0.568. The fourth-order valence-corrected chi connectivity index (χ4v) is 7.65. The van der Waals surface area contributed by atoms with Crippen molar-refractivity contribution in [2.75, 3.05) is 26.2 Å². The molecule has 3 saturated heterocycles. The highest BCUT2D eigenvalue weighted by atomic mass is 16.6. The van der Waals surface area contributed by atoms with E-state index in [2.05, 4.69) is 39.0 Å². The second-order valence-electron chi connectivity index (χ2n) is 12.0. The van der Waals surface area contributed by atoms with Gasteiger partial charge in [-0.2, -0.15) is 0 Å². The lowest BCUT2D eigenvalue weighted by Crippen LogP contribution is -2.55. The van der Waals surface area contributed by atoms with Gasteiger partial charge >= 0.3 is 6.09 Å². The number of amides is 2. The van der Waals surface area contributed by atoms with Gasteiger partial charge in [0.05, 0.1) is 6.61 Å². The van der Waals surface area contributed by atoms with Crippen LogP contribution in [-0.2, 0) is 21.5 Å². The summed E-state index contributed by atoms with van der Waals surface area (Å²) in [5, 5.41) is 0. The summed E-state index contributed by atoms with van der Waals surface area (Å²) < 4.78 is 5.51. The zero-order chi connectivity index (χ0) is 25.3. The lowest BCUT2D eigenvalue weighted by molar-refractivity contribution is -0.137. The van der Waals surface area contributed by atoms with E-state index in [4.69, 9.17) is 4.74 Å². The molecule has 5 rings (SSSR count). The van der Waals surface area contributed by atoms with Gasteiger partial charge in [-0.25, -0.2) is 4.79 Å². The van der Waals surface area contributed by atoms with Crippen LogP contribution in [0.3, 0.4) is 0 Å². The van der Waals surface area contributed by atoms with Crippen LogP contribution < -0.4 is 0 Å². The minimum absolute atomic E-state index is 0.0316. The first-order valence-corrected chi connectivity index (χ1v) is 14.5. The van der Waals surface area contributed by atoms with Crippen LogP contribution in [0, 0.1) is 5.92 Å². The van der Waals surface area contributed by atoms with E-state index >= 15 is 0 Å². The van der Waals surface area contributed by atoms with Crippen molar-refractivity contribution in [3.63, 3.8) is 0 Å². The molecule has 6 heteroatoms. The summed E-state index contributed by atoms with van der Waals surface area (Å²) >= 11 is 0. The fourth-order valence-electron chi connectivity index (χ4n) is 7.65. The van der Waals surface area contributed by atoms with Crippen LogP contribution in [0.2, 0.25) is 0 Å². The number of hydrogen-bond acceptors (Lipinski definition) is 4. The molecule has 1 aromatic rings. The monoisotopic (exact) mass is 495 g/mol. The van der Waals surface area contributed by atoms with Crippen LogP contribution >= 0.6 is 0 Å². The maximum absolute atomic E-state index is 13.0. The second kappa shape index (κ2) is 10.7. The van der Waals surface area contributed by atoms with E-state index < -0.39 is 0 Å². The molecule has 1 aromatic carbocycles. The first-order valence-electron chi connectivity index (χ1n) is 14.5. The number of likely N-dealkylation sites (tertiary alicyclic amines) is 1. The molecule has 4 aliphatic rings. The molecule has 0 radical (unpaired) electrons. The molecular formula is C30H45N3O3. The Morgan fingerprint density at radius 3 is 2.42 bits per heavy atom. The zero-order valence-corrected chi connectivity index (χ0v) is 22.6. The molecule has 0 saturated carbocycles. The van der Waals surface area contributed by atoms with Crippen molar-refractivity contribution in [2.24, 2.45) is 5.92 Å². The van der Waals surface area contributed by atoms with Gasteiger partial charge in [-0.05, 0) is 76.1 Å². The summed E-state index contributed by atoms with van der Waals surface area (Å²) in [7, 11) is 0. The molecule has 1 spiro atoms. The Labute approximate surface area is 217 Å². The first kappa shape index (κ1) is 25.6. The molecule has 3 atom stereocenters. The Kier molecular flexibility index (Phi) is 7.62. The lowest BCUT2D eigenvalue weighted by Gasteiger charge is -2.50. The van der Waals surface area contributed by atoms with E-state index in [0.717, 1.165) is 64.7 Å². The van der Waals surface area contributed by atoms with Gasteiger partial charge in [-0.15, -0.1) is 0 Å². The third-order valence-corrected chi connectivity index (χ3v) is 9.49. The summed E-state index contributed by atoms with van der Waals surface area (Å²) in [5.41, 5.74) is 2.86. The fraction of sp³-hybridized carbons (Fsp3) is 0.733. The van der Waals surface area contributed by atoms with Crippen molar-refractivity contribution in [3.05, 3.63) is 35.4 Å². The van der Waals surface area contributed by atoms with E-state index in [-0.39, 0.29) is 23.3 Å². The molecule has 0 N–H and O–H groups in total. The SMILES string of the molecule is CCOC(=O)N1C2CCCCC1CC(N1CCC3(CC1)CN(C(=O)C(C)C)Cc1ccccc13)CC2. The van der Waals surface area contributed by atoms with E-state index in [1.165, 1.54) is 30.4 Å².